The fraction of sp³-hybridized carbons (Fsp3) is 0.267. The molecule has 0 aliphatic rings. The van der Waals surface area contributed by atoms with E-state index in [-0.39, 0.29) is 22.3 Å². The van der Waals surface area contributed by atoms with Gasteiger partial charge in [0.05, 0.1) is 12.1 Å². The van der Waals surface area contributed by atoms with Gasteiger partial charge in [-0.3, -0.25) is 14.2 Å². The van der Waals surface area contributed by atoms with Crippen molar-refractivity contribution in [3.63, 3.8) is 0 Å². The van der Waals surface area contributed by atoms with Gasteiger partial charge < -0.3 is 10.1 Å². The molecule has 2 N–H and O–H groups in total. The first-order chi connectivity index (χ1) is 9.81. The lowest BCUT2D eigenvalue weighted by Crippen LogP contribution is -2.27. The smallest absolute Gasteiger partial charge is 0.308 e. The lowest BCUT2D eigenvalue weighted by Gasteiger charge is -2.12. The van der Waals surface area contributed by atoms with E-state index in [2.05, 4.69) is 4.98 Å². The van der Waals surface area contributed by atoms with Crippen molar-refractivity contribution >= 4 is 18.2 Å². The number of carboxylic acids is 1. The quantitative estimate of drug-likeness (QED) is 0.854. The van der Waals surface area contributed by atoms with Gasteiger partial charge in [-0.15, -0.1) is 0 Å². The van der Waals surface area contributed by atoms with Gasteiger partial charge in [0.25, 0.3) is 5.56 Å². The fourth-order valence-corrected chi connectivity index (χ4v) is 2.48. The third-order valence-corrected chi connectivity index (χ3v) is 3.77. The molecule has 2 rings (SSSR count). The minimum absolute atomic E-state index is 0.217. The van der Waals surface area contributed by atoms with Crippen molar-refractivity contribution < 1.29 is 9.90 Å². The molecule has 0 amide bonds. The van der Waals surface area contributed by atoms with Crippen molar-refractivity contribution in [2.75, 3.05) is 0 Å². The Kier molecular flexibility index (Phi) is 4.09. The van der Waals surface area contributed by atoms with Crippen molar-refractivity contribution in [3.05, 3.63) is 55.7 Å². The molecule has 1 aromatic carbocycles. The van der Waals surface area contributed by atoms with Crippen molar-refractivity contribution in [1.29, 1.82) is 0 Å². The fourth-order valence-electron chi connectivity index (χ4n) is 2.14. The van der Waals surface area contributed by atoms with Crippen LogP contribution in [0.3, 0.4) is 0 Å². The molecule has 0 aliphatic carbocycles. The minimum Gasteiger partial charge on any atom is -0.481 e. The number of rotatable bonds is 3. The van der Waals surface area contributed by atoms with Gasteiger partial charge in [0, 0.05) is 11.3 Å². The molecule has 110 valence electrons. The Morgan fingerprint density at radius 1 is 1.29 bits per heavy atom. The number of nitrogens with zero attached hydrogens (tertiary/aromatic N) is 1. The molecular formula is C15H16N2O3S. The van der Waals surface area contributed by atoms with Gasteiger partial charge >= 0.3 is 5.97 Å². The van der Waals surface area contributed by atoms with Crippen LogP contribution in [0.4, 0.5) is 0 Å². The number of aryl methyl sites for hydroxylation is 3. The molecule has 0 saturated heterocycles. The minimum atomic E-state index is -1.05. The van der Waals surface area contributed by atoms with E-state index >= 15 is 0 Å². The van der Waals surface area contributed by atoms with E-state index in [9.17, 15) is 9.59 Å². The number of H-pyrrole nitrogens is 1. The van der Waals surface area contributed by atoms with Gasteiger partial charge in [0.15, 0.2) is 4.77 Å². The molecule has 5 nitrogen and oxygen atoms in total. The topological polar surface area (TPSA) is 75.1 Å². The Hall–Kier alpha value is -2.21. The second-order valence-corrected chi connectivity index (χ2v) is 5.40. The van der Waals surface area contributed by atoms with Gasteiger partial charge in [0.1, 0.15) is 0 Å². The second kappa shape index (κ2) is 5.65. The zero-order valence-corrected chi connectivity index (χ0v) is 12.9. The van der Waals surface area contributed by atoms with Gasteiger partial charge in [-0.2, -0.15) is 0 Å². The predicted molar refractivity (Wildman–Crippen MR) is 82.8 cm³/mol. The molecule has 0 spiro atoms. The average Bonchev–Trinajstić information content (AvgIpc) is 2.38. The summed E-state index contributed by atoms with van der Waals surface area (Å²) in [5.41, 5.74) is 3.11. The lowest BCUT2D eigenvalue weighted by atomic mass is 10.1. The summed E-state index contributed by atoms with van der Waals surface area (Å²) in [5, 5.41) is 8.94. The largest absolute Gasteiger partial charge is 0.481 e. The highest BCUT2D eigenvalue weighted by Gasteiger charge is 2.14. The molecule has 0 aliphatic heterocycles. The normalized spacial score (nSPS) is 10.6. The Morgan fingerprint density at radius 3 is 2.52 bits per heavy atom. The number of hydrogen-bond acceptors (Lipinski definition) is 3. The SMILES string of the molecule is Cc1ccc(-n2c(=S)[nH]c(C)c(CC(=O)O)c2=O)cc1C. The summed E-state index contributed by atoms with van der Waals surface area (Å²) >= 11 is 5.22. The van der Waals surface area contributed by atoms with E-state index in [0.29, 0.717) is 11.4 Å². The Balaban J connectivity index is 2.74. The summed E-state index contributed by atoms with van der Waals surface area (Å²) in [4.78, 5) is 26.4. The van der Waals surface area contributed by atoms with Crippen LogP contribution in [0, 0.1) is 25.5 Å². The van der Waals surface area contributed by atoms with E-state index in [4.69, 9.17) is 17.3 Å². The van der Waals surface area contributed by atoms with Gasteiger partial charge in [-0.1, -0.05) is 6.07 Å². The van der Waals surface area contributed by atoms with E-state index in [0.717, 1.165) is 11.1 Å². The zero-order valence-electron chi connectivity index (χ0n) is 12.1. The molecule has 1 heterocycles. The Labute approximate surface area is 126 Å². The predicted octanol–water partition coefficient (Wildman–Crippen LogP) is 2.45. The molecule has 21 heavy (non-hydrogen) atoms. The van der Waals surface area contributed by atoms with E-state index < -0.39 is 5.97 Å². The maximum Gasteiger partial charge on any atom is 0.308 e. The molecule has 0 bridgehead atoms. The standard InChI is InChI=1S/C15H16N2O3S/c1-8-4-5-11(6-9(8)2)17-14(20)12(7-13(18)19)10(3)16-15(17)21/h4-6H,7H2,1-3H3,(H,16,21)(H,18,19). The number of carboxylic acid groups (broad SMARTS) is 1. The van der Waals surface area contributed by atoms with Crippen molar-refractivity contribution in [2.45, 2.75) is 27.2 Å². The van der Waals surface area contributed by atoms with Crippen LogP contribution in [-0.4, -0.2) is 20.6 Å². The summed E-state index contributed by atoms with van der Waals surface area (Å²) in [7, 11) is 0. The molecule has 2 aromatic rings. The van der Waals surface area contributed by atoms with Crippen LogP contribution >= 0.6 is 12.2 Å². The zero-order chi connectivity index (χ0) is 15.7. The van der Waals surface area contributed by atoms with Crippen molar-refractivity contribution in [1.82, 2.24) is 9.55 Å². The van der Waals surface area contributed by atoms with Crippen molar-refractivity contribution in [3.8, 4) is 5.69 Å². The molecular weight excluding hydrogens is 288 g/mol. The van der Waals surface area contributed by atoms with Gasteiger partial charge in [-0.25, -0.2) is 0 Å². The molecule has 0 unspecified atom stereocenters. The maximum absolute atomic E-state index is 12.6. The van der Waals surface area contributed by atoms with E-state index in [1.54, 1.807) is 13.0 Å². The van der Waals surface area contributed by atoms with Crippen LogP contribution < -0.4 is 5.56 Å². The summed E-state index contributed by atoms with van der Waals surface area (Å²) in [6, 6.07) is 5.57. The van der Waals surface area contributed by atoms with Crippen LogP contribution in [0.15, 0.2) is 23.0 Å². The van der Waals surface area contributed by atoms with E-state index in [1.165, 1.54) is 4.57 Å². The third kappa shape index (κ3) is 2.95. The van der Waals surface area contributed by atoms with Crippen molar-refractivity contribution in [2.24, 2.45) is 0 Å². The summed E-state index contributed by atoms with van der Waals surface area (Å²) in [6.07, 6.45) is -0.332. The van der Waals surface area contributed by atoms with Crippen LogP contribution in [-0.2, 0) is 11.2 Å². The first kappa shape index (κ1) is 15.2. The molecule has 0 radical (unpaired) electrons. The Morgan fingerprint density at radius 2 is 1.95 bits per heavy atom. The highest BCUT2D eigenvalue weighted by atomic mass is 32.1. The summed E-state index contributed by atoms with van der Waals surface area (Å²) in [6.45, 7) is 5.58. The third-order valence-electron chi connectivity index (χ3n) is 3.49. The lowest BCUT2D eigenvalue weighted by molar-refractivity contribution is -0.136. The van der Waals surface area contributed by atoms with Gasteiger partial charge in [0.2, 0.25) is 0 Å². The van der Waals surface area contributed by atoms with Crippen LogP contribution in [0.2, 0.25) is 0 Å². The molecule has 0 fully saturated rings. The summed E-state index contributed by atoms with van der Waals surface area (Å²) in [5.74, 6) is -1.05. The highest BCUT2D eigenvalue weighted by molar-refractivity contribution is 7.71. The Bertz CT molecular complexity index is 834. The van der Waals surface area contributed by atoms with Gasteiger partial charge in [-0.05, 0) is 56.2 Å². The first-order valence-corrected chi connectivity index (χ1v) is 6.86. The molecule has 6 heteroatoms. The van der Waals surface area contributed by atoms with Crippen LogP contribution in [0.5, 0.6) is 0 Å². The molecule has 0 saturated carbocycles. The number of hydrogen-bond donors (Lipinski definition) is 2. The molecule has 1 aromatic heterocycles. The number of aromatic amines is 1. The number of carbonyl (C=O) groups is 1. The number of aromatic nitrogens is 2. The first-order valence-electron chi connectivity index (χ1n) is 6.45. The highest BCUT2D eigenvalue weighted by Crippen LogP contribution is 2.14. The number of benzene rings is 1. The second-order valence-electron chi connectivity index (χ2n) is 5.01. The monoisotopic (exact) mass is 304 g/mol. The average molecular weight is 304 g/mol. The van der Waals surface area contributed by atoms with Crippen LogP contribution in [0.1, 0.15) is 22.4 Å². The van der Waals surface area contributed by atoms with Crippen LogP contribution in [0.25, 0.3) is 5.69 Å². The number of aliphatic carboxylic acids is 1. The maximum atomic E-state index is 12.6. The van der Waals surface area contributed by atoms with E-state index in [1.807, 2.05) is 26.0 Å². The molecule has 0 atom stereocenters. The summed E-state index contributed by atoms with van der Waals surface area (Å²) < 4.78 is 1.60. The number of nitrogens with one attached hydrogen (secondary N) is 1.